The Morgan fingerprint density at radius 3 is 2.11 bits per heavy atom. The molecule has 142 valence electrons. The van der Waals surface area contributed by atoms with Crippen molar-refractivity contribution in [3.8, 4) is 0 Å². The Bertz CT molecular complexity index is 1010. The highest BCUT2D eigenvalue weighted by Gasteiger charge is 2.22. The van der Waals surface area contributed by atoms with Gasteiger partial charge in [-0.15, -0.1) is 0 Å². The number of hydrogen-bond acceptors (Lipinski definition) is 3. The van der Waals surface area contributed by atoms with Crippen LogP contribution in [0.1, 0.15) is 61.1 Å². The highest BCUT2D eigenvalue weighted by atomic mass is 16.4. The van der Waals surface area contributed by atoms with Crippen molar-refractivity contribution in [2.75, 3.05) is 0 Å². The summed E-state index contributed by atoms with van der Waals surface area (Å²) in [5, 5.41) is 9.24. The quantitative estimate of drug-likeness (QED) is 0.610. The Morgan fingerprint density at radius 1 is 0.893 bits per heavy atom. The summed E-state index contributed by atoms with van der Waals surface area (Å²) in [4.78, 5) is 28.7. The third-order valence-corrected chi connectivity index (χ3v) is 4.89. The van der Waals surface area contributed by atoms with Crippen molar-refractivity contribution in [1.29, 1.82) is 0 Å². The lowest BCUT2D eigenvalue weighted by atomic mass is 9.83. The van der Waals surface area contributed by atoms with Gasteiger partial charge in [-0.1, -0.05) is 36.4 Å². The lowest BCUT2D eigenvalue weighted by molar-refractivity contribution is 0.0696. The zero-order chi connectivity index (χ0) is 20.3. The summed E-state index contributed by atoms with van der Waals surface area (Å²) < 4.78 is 0. The average Bonchev–Trinajstić information content (AvgIpc) is 2.66. The number of carbonyl (C=O) groups excluding carboxylic acids is 1. The largest absolute Gasteiger partial charge is 0.478 e. The Morgan fingerprint density at radius 2 is 1.54 bits per heavy atom. The number of rotatable bonds is 6. The molecule has 4 nitrogen and oxygen atoms in total. The molecule has 0 saturated heterocycles. The van der Waals surface area contributed by atoms with Gasteiger partial charge in [0.2, 0.25) is 0 Å². The third kappa shape index (κ3) is 4.34. The molecule has 0 aliphatic heterocycles. The van der Waals surface area contributed by atoms with E-state index in [0.29, 0.717) is 12.0 Å². The summed E-state index contributed by atoms with van der Waals surface area (Å²) in [5.41, 5.74) is 5.41. The fourth-order valence-electron chi connectivity index (χ4n) is 3.59. The van der Waals surface area contributed by atoms with E-state index >= 15 is 0 Å². The van der Waals surface area contributed by atoms with Crippen LogP contribution in [-0.4, -0.2) is 21.8 Å². The molecule has 1 N–H and O–H groups in total. The van der Waals surface area contributed by atoms with Crippen molar-refractivity contribution in [3.05, 3.63) is 99.9 Å². The minimum Gasteiger partial charge on any atom is -0.478 e. The van der Waals surface area contributed by atoms with Crippen LogP contribution >= 0.6 is 0 Å². The third-order valence-electron chi connectivity index (χ3n) is 4.89. The molecular weight excluding hydrogens is 350 g/mol. The molecule has 0 aliphatic rings. The van der Waals surface area contributed by atoms with E-state index in [1.54, 1.807) is 12.1 Å². The predicted octanol–water partition coefficient (Wildman–Crippen LogP) is 5.11. The van der Waals surface area contributed by atoms with Crippen LogP contribution in [0.3, 0.4) is 0 Å². The van der Waals surface area contributed by atoms with Crippen LogP contribution in [0.4, 0.5) is 0 Å². The molecule has 4 heteroatoms. The first-order valence-electron chi connectivity index (χ1n) is 9.22. The highest BCUT2D eigenvalue weighted by Crippen LogP contribution is 2.32. The summed E-state index contributed by atoms with van der Waals surface area (Å²) in [6.07, 6.45) is 0.306. The smallest absolute Gasteiger partial charge is 0.335 e. The molecule has 0 spiro atoms. The topological polar surface area (TPSA) is 67.3 Å². The maximum Gasteiger partial charge on any atom is 0.335 e. The number of carboxylic acids is 1. The molecule has 28 heavy (non-hydrogen) atoms. The van der Waals surface area contributed by atoms with Crippen LogP contribution in [0.2, 0.25) is 0 Å². The molecule has 3 aromatic rings. The maximum atomic E-state index is 13.1. The fourth-order valence-corrected chi connectivity index (χ4v) is 3.59. The summed E-state index contributed by atoms with van der Waals surface area (Å²) in [6, 6.07) is 18.6. The van der Waals surface area contributed by atoms with Gasteiger partial charge in [0.25, 0.3) is 0 Å². The number of carbonyl (C=O) groups is 2. The molecule has 0 aliphatic carbocycles. The van der Waals surface area contributed by atoms with E-state index in [-0.39, 0.29) is 17.3 Å². The number of aromatic carboxylic acids is 1. The van der Waals surface area contributed by atoms with Gasteiger partial charge in [0.1, 0.15) is 0 Å². The van der Waals surface area contributed by atoms with Gasteiger partial charge in [-0.25, -0.2) is 4.79 Å². The zero-order valence-electron chi connectivity index (χ0n) is 16.3. The van der Waals surface area contributed by atoms with Crippen LogP contribution in [0.15, 0.2) is 60.7 Å². The summed E-state index contributed by atoms with van der Waals surface area (Å²) in [5.74, 6) is -1.06. The molecule has 1 aromatic heterocycles. The number of aromatic nitrogens is 1. The summed E-state index contributed by atoms with van der Waals surface area (Å²) in [7, 11) is 0. The average molecular weight is 373 g/mol. The van der Waals surface area contributed by atoms with E-state index in [2.05, 4.69) is 4.98 Å². The second-order valence-corrected chi connectivity index (χ2v) is 7.11. The summed E-state index contributed by atoms with van der Waals surface area (Å²) in [6.45, 7) is 5.66. The Hall–Kier alpha value is -3.27. The number of hydrogen-bond donors (Lipinski definition) is 1. The van der Waals surface area contributed by atoms with Crippen molar-refractivity contribution < 1.29 is 14.7 Å². The monoisotopic (exact) mass is 373 g/mol. The first kappa shape index (κ1) is 19.5. The van der Waals surface area contributed by atoms with Crippen molar-refractivity contribution in [2.45, 2.75) is 33.1 Å². The Labute approximate surface area is 164 Å². The molecule has 0 saturated carbocycles. The number of pyridine rings is 1. The van der Waals surface area contributed by atoms with Crippen LogP contribution in [0.25, 0.3) is 0 Å². The molecule has 1 heterocycles. The minimum absolute atomic E-state index is 0.0455. The van der Waals surface area contributed by atoms with Gasteiger partial charge in [-0.3, -0.25) is 9.78 Å². The van der Waals surface area contributed by atoms with Crippen molar-refractivity contribution >= 4 is 11.8 Å². The molecule has 0 radical (unpaired) electrons. The van der Waals surface area contributed by atoms with Crippen LogP contribution in [-0.2, 0) is 0 Å². The first-order valence-corrected chi connectivity index (χ1v) is 9.22. The van der Waals surface area contributed by atoms with Gasteiger partial charge in [0, 0.05) is 29.3 Å². The SMILES string of the molecule is Cc1cc(C(=O)C[C@H](c2ccccc2)c2ccc(C(=O)O)cc2C)cc(C)n1. The number of carboxylic acid groups (broad SMARTS) is 1. The van der Waals surface area contributed by atoms with Crippen LogP contribution < -0.4 is 0 Å². The zero-order valence-corrected chi connectivity index (χ0v) is 16.3. The van der Waals surface area contributed by atoms with E-state index < -0.39 is 5.97 Å². The van der Waals surface area contributed by atoms with E-state index in [1.807, 2.05) is 69.3 Å². The van der Waals surface area contributed by atoms with Gasteiger partial charge in [-0.2, -0.15) is 0 Å². The van der Waals surface area contributed by atoms with Gasteiger partial charge in [0.05, 0.1) is 5.56 Å². The van der Waals surface area contributed by atoms with Gasteiger partial charge >= 0.3 is 5.97 Å². The Balaban J connectivity index is 2.01. The number of aryl methyl sites for hydroxylation is 3. The second-order valence-electron chi connectivity index (χ2n) is 7.11. The van der Waals surface area contributed by atoms with Crippen molar-refractivity contribution in [2.24, 2.45) is 0 Å². The molecule has 3 rings (SSSR count). The van der Waals surface area contributed by atoms with Crippen LogP contribution in [0.5, 0.6) is 0 Å². The van der Waals surface area contributed by atoms with E-state index in [1.165, 1.54) is 0 Å². The summed E-state index contributed by atoms with van der Waals surface area (Å²) >= 11 is 0. The van der Waals surface area contributed by atoms with E-state index in [9.17, 15) is 14.7 Å². The number of Topliss-reactive ketones (excluding diaryl/α,β-unsaturated/α-hetero) is 1. The lowest BCUT2D eigenvalue weighted by Gasteiger charge is -2.20. The number of ketones is 1. The van der Waals surface area contributed by atoms with E-state index in [0.717, 1.165) is 28.1 Å². The fraction of sp³-hybridized carbons (Fsp3) is 0.208. The predicted molar refractivity (Wildman–Crippen MR) is 109 cm³/mol. The Kier molecular flexibility index (Phi) is 5.69. The molecule has 2 aromatic carbocycles. The van der Waals surface area contributed by atoms with Gasteiger partial charge in [-0.05, 0) is 61.7 Å². The standard InChI is InChI=1S/C24H23NO3/c1-15-11-19(24(27)28)9-10-21(15)22(18-7-5-4-6-8-18)14-23(26)20-12-16(2)25-17(3)13-20/h4-13,22H,14H2,1-3H3,(H,27,28)/t22-/m1/s1. The molecule has 0 unspecified atom stereocenters. The normalized spacial score (nSPS) is 11.8. The molecule has 0 bridgehead atoms. The lowest BCUT2D eigenvalue weighted by Crippen LogP contribution is -2.12. The van der Waals surface area contributed by atoms with Crippen molar-refractivity contribution in [1.82, 2.24) is 4.98 Å². The molecule has 0 fully saturated rings. The second kappa shape index (κ2) is 8.17. The molecule has 0 amide bonds. The number of nitrogens with zero attached hydrogens (tertiary/aromatic N) is 1. The van der Waals surface area contributed by atoms with Gasteiger partial charge < -0.3 is 5.11 Å². The molecular formula is C24H23NO3. The van der Waals surface area contributed by atoms with Crippen molar-refractivity contribution in [3.63, 3.8) is 0 Å². The minimum atomic E-state index is -0.954. The van der Waals surface area contributed by atoms with Gasteiger partial charge in [0.15, 0.2) is 5.78 Å². The first-order chi connectivity index (χ1) is 13.3. The maximum absolute atomic E-state index is 13.1. The van der Waals surface area contributed by atoms with E-state index in [4.69, 9.17) is 0 Å². The molecule has 1 atom stereocenters. The number of benzene rings is 2. The highest BCUT2D eigenvalue weighted by molar-refractivity contribution is 5.97. The van der Waals surface area contributed by atoms with Crippen LogP contribution in [0, 0.1) is 20.8 Å².